The second kappa shape index (κ2) is 6.62. The van der Waals surface area contributed by atoms with E-state index >= 15 is 0 Å². The number of hydrogen-bond donors (Lipinski definition) is 2. The molecule has 1 heterocycles. The summed E-state index contributed by atoms with van der Waals surface area (Å²) in [6.07, 6.45) is 1.82. The third-order valence-electron chi connectivity index (χ3n) is 3.27. The third-order valence-corrected chi connectivity index (χ3v) is 4.98. The van der Waals surface area contributed by atoms with Crippen LogP contribution in [0.5, 0.6) is 0 Å². The summed E-state index contributed by atoms with van der Waals surface area (Å²) in [5.74, 6) is 0. The summed E-state index contributed by atoms with van der Waals surface area (Å²) in [6.45, 7) is 6.09. The number of nitrogens with zero attached hydrogens (tertiary/aromatic N) is 1. The lowest BCUT2D eigenvalue weighted by Crippen LogP contribution is -1.90. The van der Waals surface area contributed by atoms with Gasteiger partial charge < -0.3 is 5.73 Å². The van der Waals surface area contributed by atoms with Crippen molar-refractivity contribution in [3.63, 3.8) is 0 Å². The number of aromatic amines is 1. The molecule has 0 spiro atoms. The van der Waals surface area contributed by atoms with Crippen LogP contribution in [0.1, 0.15) is 16.7 Å². The van der Waals surface area contributed by atoms with E-state index in [1.165, 1.54) is 11.1 Å². The Hall–Kier alpha value is -1.33. The largest absolute Gasteiger partial charge is 0.399 e. The second-order valence-corrected chi connectivity index (χ2v) is 6.73. The first kappa shape index (κ1) is 16.0. The van der Waals surface area contributed by atoms with Crippen LogP contribution in [0.3, 0.4) is 0 Å². The van der Waals surface area contributed by atoms with Crippen LogP contribution >= 0.6 is 31.9 Å². The highest BCUT2D eigenvalue weighted by molar-refractivity contribution is 9.10. The number of hydrogen-bond acceptors (Lipinski definition) is 2. The summed E-state index contributed by atoms with van der Waals surface area (Å²) < 4.78 is 2.26. The van der Waals surface area contributed by atoms with Crippen molar-refractivity contribution in [2.45, 2.75) is 20.8 Å². The highest BCUT2D eigenvalue weighted by Crippen LogP contribution is 2.22. The normalized spacial score (nSPS) is 10.3. The van der Waals surface area contributed by atoms with E-state index < -0.39 is 0 Å². The predicted octanol–water partition coefficient (Wildman–Crippen LogP) is 5.28. The maximum Gasteiger partial charge on any atom is 0.0653 e. The van der Waals surface area contributed by atoms with Gasteiger partial charge in [0.05, 0.1) is 11.7 Å². The first-order valence-corrected chi connectivity index (χ1v) is 8.08. The van der Waals surface area contributed by atoms with E-state index in [0.29, 0.717) is 0 Å². The van der Waals surface area contributed by atoms with Crippen LogP contribution in [0, 0.1) is 20.8 Å². The molecule has 0 radical (unpaired) electrons. The van der Waals surface area contributed by atoms with E-state index in [4.69, 9.17) is 5.73 Å². The molecule has 110 valence electrons. The maximum absolute atomic E-state index is 5.67. The van der Waals surface area contributed by atoms with Crippen LogP contribution in [-0.4, -0.2) is 10.2 Å². The fraction of sp³-hybridized carbons (Fsp3) is 0.188. The van der Waals surface area contributed by atoms with Gasteiger partial charge in [-0.2, -0.15) is 5.10 Å². The van der Waals surface area contributed by atoms with E-state index in [1.807, 2.05) is 32.2 Å². The summed E-state index contributed by atoms with van der Waals surface area (Å²) >= 11 is 6.88. The van der Waals surface area contributed by atoms with Crippen molar-refractivity contribution < 1.29 is 0 Å². The number of nitrogens with one attached hydrogen (secondary N) is 1. The molecule has 0 saturated heterocycles. The van der Waals surface area contributed by atoms with Gasteiger partial charge in [0, 0.05) is 20.0 Å². The first-order valence-electron chi connectivity index (χ1n) is 6.50. The molecular formula is C16H17Br2N3. The molecule has 3 aromatic rings. The molecule has 0 bridgehead atoms. The average molecular weight is 411 g/mol. The van der Waals surface area contributed by atoms with Gasteiger partial charge in [0.25, 0.3) is 0 Å². The Morgan fingerprint density at radius 1 is 0.905 bits per heavy atom. The van der Waals surface area contributed by atoms with Gasteiger partial charge in [-0.25, -0.2) is 0 Å². The zero-order valence-electron chi connectivity index (χ0n) is 12.2. The summed E-state index contributed by atoms with van der Waals surface area (Å²) in [5.41, 5.74) is 11.1. The Balaban J connectivity index is 0.000000155. The molecule has 0 fully saturated rings. The molecule has 0 aliphatic heterocycles. The lowest BCUT2D eigenvalue weighted by Gasteiger charge is -2.02. The number of aromatic nitrogens is 2. The minimum absolute atomic E-state index is 0.862. The van der Waals surface area contributed by atoms with Crippen molar-refractivity contribution in [1.29, 1.82) is 0 Å². The van der Waals surface area contributed by atoms with E-state index in [-0.39, 0.29) is 0 Å². The zero-order chi connectivity index (χ0) is 15.6. The number of H-pyrrole nitrogens is 1. The summed E-state index contributed by atoms with van der Waals surface area (Å²) in [4.78, 5) is 0. The van der Waals surface area contributed by atoms with Crippen molar-refractivity contribution in [1.82, 2.24) is 10.2 Å². The van der Waals surface area contributed by atoms with E-state index in [0.717, 1.165) is 31.1 Å². The van der Waals surface area contributed by atoms with Gasteiger partial charge in [-0.1, -0.05) is 31.9 Å². The molecule has 0 aliphatic carbocycles. The van der Waals surface area contributed by atoms with Gasteiger partial charge in [0.2, 0.25) is 0 Å². The molecule has 0 amide bonds. The lowest BCUT2D eigenvalue weighted by atomic mass is 10.1. The molecule has 0 atom stereocenters. The molecule has 3 rings (SSSR count). The average Bonchev–Trinajstić information content (AvgIpc) is 2.85. The molecule has 0 aliphatic rings. The summed E-state index contributed by atoms with van der Waals surface area (Å²) in [5, 5.41) is 8.00. The molecule has 0 unspecified atom stereocenters. The summed E-state index contributed by atoms with van der Waals surface area (Å²) in [6, 6.07) is 8.14. The van der Waals surface area contributed by atoms with E-state index in [1.54, 1.807) is 0 Å². The van der Waals surface area contributed by atoms with E-state index in [9.17, 15) is 0 Å². The van der Waals surface area contributed by atoms with Gasteiger partial charge in [0.15, 0.2) is 0 Å². The monoisotopic (exact) mass is 409 g/mol. The van der Waals surface area contributed by atoms with Crippen molar-refractivity contribution in [2.75, 3.05) is 5.73 Å². The smallest absolute Gasteiger partial charge is 0.0653 e. The second-order valence-electron chi connectivity index (χ2n) is 5.02. The molecule has 5 heteroatoms. The van der Waals surface area contributed by atoms with Crippen LogP contribution < -0.4 is 5.73 Å². The van der Waals surface area contributed by atoms with Gasteiger partial charge in [-0.3, -0.25) is 5.10 Å². The van der Waals surface area contributed by atoms with Crippen molar-refractivity contribution in [3.8, 4) is 0 Å². The number of halogens is 2. The SMILES string of the molecule is Cc1cc(Br)c(C)cc1N.Cc1cc2[nH]ncc2cc1Br. The first-order chi connectivity index (χ1) is 9.88. The molecule has 21 heavy (non-hydrogen) atoms. The molecule has 0 saturated carbocycles. The number of aryl methyl sites for hydroxylation is 3. The van der Waals surface area contributed by atoms with Crippen LogP contribution in [0.4, 0.5) is 5.69 Å². The Morgan fingerprint density at radius 3 is 2.19 bits per heavy atom. The molecular weight excluding hydrogens is 394 g/mol. The van der Waals surface area contributed by atoms with Gasteiger partial charge in [0.1, 0.15) is 0 Å². The van der Waals surface area contributed by atoms with Gasteiger partial charge in [-0.05, 0) is 61.7 Å². The number of fused-ring (bicyclic) bond motifs is 1. The van der Waals surface area contributed by atoms with E-state index in [2.05, 4.69) is 61.1 Å². The standard InChI is InChI=1S/C8H7BrN2.C8H10BrN/c1-5-2-8-6(3-7(5)9)4-10-11-8;1-5-4-8(10)6(2)3-7(5)9/h2-4H,1H3,(H,10,11);3-4H,10H2,1-2H3. The van der Waals surface area contributed by atoms with Gasteiger partial charge in [-0.15, -0.1) is 0 Å². The number of rotatable bonds is 0. The Labute approximate surface area is 141 Å². The lowest BCUT2D eigenvalue weighted by molar-refractivity contribution is 1.12. The topological polar surface area (TPSA) is 54.7 Å². The minimum atomic E-state index is 0.862. The van der Waals surface area contributed by atoms with Crippen LogP contribution in [0.25, 0.3) is 10.9 Å². The van der Waals surface area contributed by atoms with Crippen LogP contribution in [0.2, 0.25) is 0 Å². The third kappa shape index (κ3) is 3.86. The van der Waals surface area contributed by atoms with Crippen molar-refractivity contribution in [3.05, 3.63) is 56.1 Å². The number of nitrogen functional groups attached to an aromatic ring is 1. The highest BCUT2D eigenvalue weighted by Gasteiger charge is 1.99. The quantitative estimate of drug-likeness (QED) is 0.495. The van der Waals surface area contributed by atoms with Crippen molar-refractivity contribution in [2.24, 2.45) is 0 Å². The Kier molecular flexibility index (Phi) is 5.06. The van der Waals surface area contributed by atoms with Crippen molar-refractivity contribution >= 4 is 48.5 Å². The van der Waals surface area contributed by atoms with Gasteiger partial charge >= 0.3 is 0 Å². The maximum atomic E-state index is 5.67. The number of anilines is 1. The fourth-order valence-electron chi connectivity index (χ4n) is 1.88. The van der Waals surface area contributed by atoms with Crippen LogP contribution in [-0.2, 0) is 0 Å². The Bertz CT molecular complexity index is 692. The molecule has 3 N–H and O–H groups in total. The molecule has 1 aromatic heterocycles. The Morgan fingerprint density at radius 2 is 1.52 bits per heavy atom. The predicted molar refractivity (Wildman–Crippen MR) is 96.6 cm³/mol. The zero-order valence-corrected chi connectivity index (χ0v) is 15.3. The number of benzene rings is 2. The molecule has 3 nitrogen and oxygen atoms in total. The van der Waals surface area contributed by atoms with Crippen LogP contribution in [0.15, 0.2) is 39.4 Å². The number of nitrogens with two attached hydrogens (primary N) is 1. The summed E-state index contributed by atoms with van der Waals surface area (Å²) in [7, 11) is 0. The molecule has 2 aromatic carbocycles. The minimum Gasteiger partial charge on any atom is -0.399 e. The fourth-order valence-corrected chi connectivity index (χ4v) is 2.69. The highest BCUT2D eigenvalue weighted by atomic mass is 79.9.